The summed E-state index contributed by atoms with van der Waals surface area (Å²) < 4.78 is 4.97. The second-order valence-electron chi connectivity index (χ2n) is 5.48. The zero-order valence-corrected chi connectivity index (χ0v) is 13.1. The molecule has 21 heavy (non-hydrogen) atoms. The SMILES string of the molecule is Cc1cc(C(=O)NC[C@H](C)N2CCc3sccc3C2)on1. The fraction of sp³-hybridized carbons (Fsp3) is 0.467. The number of fused-ring (bicyclic) bond motifs is 1. The Morgan fingerprint density at radius 1 is 1.62 bits per heavy atom. The van der Waals surface area contributed by atoms with Crippen LogP contribution in [-0.2, 0) is 13.0 Å². The van der Waals surface area contributed by atoms with Gasteiger partial charge >= 0.3 is 0 Å². The molecule has 0 unspecified atom stereocenters. The third-order valence-electron chi connectivity index (χ3n) is 3.87. The van der Waals surface area contributed by atoms with Crippen LogP contribution in [0.4, 0.5) is 0 Å². The van der Waals surface area contributed by atoms with E-state index in [0.717, 1.165) is 19.5 Å². The number of hydrogen-bond acceptors (Lipinski definition) is 5. The lowest BCUT2D eigenvalue weighted by atomic mass is 10.1. The Kier molecular flexibility index (Phi) is 4.07. The van der Waals surface area contributed by atoms with Crippen molar-refractivity contribution < 1.29 is 9.32 Å². The summed E-state index contributed by atoms with van der Waals surface area (Å²) in [5, 5.41) is 8.80. The van der Waals surface area contributed by atoms with Gasteiger partial charge in [0.25, 0.3) is 5.91 Å². The second kappa shape index (κ2) is 5.99. The molecule has 0 fully saturated rings. The van der Waals surface area contributed by atoms with Crippen LogP contribution >= 0.6 is 11.3 Å². The van der Waals surface area contributed by atoms with Crippen LogP contribution < -0.4 is 5.32 Å². The standard InChI is InChI=1S/C15H19N3O2S/c1-10-7-13(20-17-10)15(19)16-8-11(2)18-5-3-14-12(9-18)4-6-21-14/h4,6-7,11H,3,5,8-9H2,1-2H3,(H,16,19)/t11-/m0/s1. The number of carbonyl (C=O) groups excluding carboxylic acids is 1. The molecule has 0 saturated carbocycles. The highest BCUT2D eigenvalue weighted by molar-refractivity contribution is 7.10. The van der Waals surface area contributed by atoms with E-state index in [0.29, 0.717) is 18.3 Å². The van der Waals surface area contributed by atoms with Crippen molar-refractivity contribution in [2.24, 2.45) is 0 Å². The van der Waals surface area contributed by atoms with Gasteiger partial charge in [-0.25, -0.2) is 0 Å². The number of amides is 1. The quantitative estimate of drug-likeness (QED) is 0.941. The lowest BCUT2D eigenvalue weighted by Gasteiger charge is -2.32. The van der Waals surface area contributed by atoms with Gasteiger partial charge in [-0.15, -0.1) is 11.3 Å². The Hall–Kier alpha value is -1.66. The van der Waals surface area contributed by atoms with Crippen LogP contribution in [0.2, 0.25) is 0 Å². The van der Waals surface area contributed by atoms with Crippen LogP contribution in [-0.4, -0.2) is 35.1 Å². The van der Waals surface area contributed by atoms with Gasteiger partial charge in [-0.2, -0.15) is 0 Å². The van der Waals surface area contributed by atoms with Gasteiger partial charge in [0.1, 0.15) is 0 Å². The van der Waals surface area contributed by atoms with Crippen LogP contribution in [0.25, 0.3) is 0 Å². The molecule has 3 heterocycles. The Balaban J connectivity index is 1.53. The molecule has 0 aliphatic carbocycles. The number of rotatable bonds is 4. The van der Waals surface area contributed by atoms with Gasteiger partial charge in [0.2, 0.25) is 5.76 Å². The first kappa shape index (κ1) is 14.3. The summed E-state index contributed by atoms with van der Waals surface area (Å²) in [6.07, 6.45) is 1.10. The maximum atomic E-state index is 11.9. The normalized spacial score (nSPS) is 16.5. The third kappa shape index (κ3) is 3.16. The summed E-state index contributed by atoms with van der Waals surface area (Å²) in [5.74, 6) is 0.0779. The smallest absolute Gasteiger partial charge is 0.289 e. The molecule has 1 N–H and O–H groups in total. The van der Waals surface area contributed by atoms with Crippen LogP contribution in [0.1, 0.15) is 33.6 Å². The van der Waals surface area contributed by atoms with Crippen LogP contribution in [0.3, 0.4) is 0 Å². The second-order valence-corrected chi connectivity index (χ2v) is 6.48. The van der Waals surface area contributed by atoms with Crippen molar-refractivity contribution >= 4 is 17.2 Å². The zero-order chi connectivity index (χ0) is 14.8. The average Bonchev–Trinajstić information content (AvgIpc) is 3.12. The molecular weight excluding hydrogens is 286 g/mol. The van der Waals surface area contributed by atoms with Gasteiger partial charge in [0, 0.05) is 36.6 Å². The van der Waals surface area contributed by atoms with E-state index < -0.39 is 0 Å². The first-order valence-corrected chi connectivity index (χ1v) is 8.02. The number of thiophene rings is 1. The average molecular weight is 305 g/mol. The molecule has 112 valence electrons. The van der Waals surface area contributed by atoms with Crippen molar-refractivity contribution in [3.8, 4) is 0 Å². The van der Waals surface area contributed by atoms with Gasteiger partial charge in [0.05, 0.1) is 5.69 Å². The van der Waals surface area contributed by atoms with Gasteiger partial charge in [-0.3, -0.25) is 9.69 Å². The lowest BCUT2D eigenvalue weighted by molar-refractivity contribution is 0.0896. The summed E-state index contributed by atoms with van der Waals surface area (Å²) in [5.41, 5.74) is 2.14. The van der Waals surface area contributed by atoms with Gasteiger partial charge < -0.3 is 9.84 Å². The maximum Gasteiger partial charge on any atom is 0.289 e. The molecule has 0 aromatic carbocycles. The summed E-state index contributed by atoms with van der Waals surface area (Å²) >= 11 is 1.84. The first-order chi connectivity index (χ1) is 10.1. The summed E-state index contributed by atoms with van der Waals surface area (Å²) in [4.78, 5) is 15.8. The van der Waals surface area contributed by atoms with E-state index in [9.17, 15) is 4.79 Å². The predicted molar refractivity (Wildman–Crippen MR) is 81.5 cm³/mol. The van der Waals surface area contributed by atoms with Gasteiger partial charge in [-0.05, 0) is 37.3 Å². The zero-order valence-electron chi connectivity index (χ0n) is 12.3. The Morgan fingerprint density at radius 3 is 3.24 bits per heavy atom. The van der Waals surface area contributed by atoms with Crippen molar-refractivity contribution in [3.63, 3.8) is 0 Å². The van der Waals surface area contributed by atoms with Crippen molar-refractivity contribution in [1.82, 2.24) is 15.4 Å². The predicted octanol–water partition coefficient (Wildman–Crippen LogP) is 2.22. The molecule has 6 heteroatoms. The molecule has 0 saturated heterocycles. The minimum atomic E-state index is -0.198. The molecule has 0 spiro atoms. The molecule has 1 atom stereocenters. The van der Waals surface area contributed by atoms with E-state index in [4.69, 9.17) is 4.52 Å². The van der Waals surface area contributed by atoms with E-state index in [-0.39, 0.29) is 11.7 Å². The van der Waals surface area contributed by atoms with E-state index in [1.165, 1.54) is 10.4 Å². The topological polar surface area (TPSA) is 58.4 Å². The number of nitrogens with one attached hydrogen (secondary N) is 1. The monoisotopic (exact) mass is 305 g/mol. The Bertz CT molecular complexity index is 634. The number of aromatic nitrogens is 1. The number of carbonyl (C=O) groups is 1. The van der Waals surface area contributed by atoms with Gasteiger partial charge in [0.15, 0.2) is 0 Å². The van der Waals surface area contributed by atoms with Crippen molar-refractivity contribution in [2.45, 2.75) is 32.9 Å². The highest BCUT2D eigenvalue weighted by Gasteiger charge is 2.22. The minimum absolute atomic E-state index is 0.198. The molecule has 3 rings (SSSR count). The van der Waals surface area contributed by atoms with Crippen molar-refractivity contribution in [3.05, 3.63) is 39.4 Å². The lowest BCUT2D eigenvalue weighted by Crippen LogP contribution is -2.44. The molecular formula is C15H19N3O2S. The van der Waals surface area contributed by atoms with E-state index >= 15 is 0 Å². The third-order valence-corrected chi connectivity index (χ3v) is 4.89. The van der Waals surface area contributed by atoms with Crippen LogP contribution in [0.15, 0.2) is 22.0 Å². The van der Waals surface area contributed by atoms with Gasteiger partial charge in [-0.1, -0.05) is 5.16 Å². The van der Waals surface area contributed by atoms with E-state index in [2.05, 4.69) is 33.7 Å². The molecule has 5 nitrogen and oxygen atoms in total. The van der Waals surface area contributed by atoms with Crippen LogP contribution in [0, 0.1) is 6.92 Å². The van der Waals surface area contributed by atoms with E-state index in [1.54, 1.807) is 13.0 Å². The Morgan fingerprint density at radius 2 is 2.48 bits per heavy atom. The molecule has 2 aromatic rings. The highest BCUT2D eigenvalue weighted by atomic mass is 32.1. The number of nitrogens with zero attached hydrogens (tertiary/aromatic N) is 2. The molecule has 0 radical (unpaired) electrons. The number of hydrogen-bond donors (Lipinski definition) is 1. The molecule has 1 amide bonds. The molecule has 1 aliphatic rings. The minimum Gasteiger partial charge on any atom is -0.351 e. The largest absolute Gasteiger partial charge is 0.351 e. The maximum absolute atomic E-state index is 11.9. The van der Waals surface area contributed by atoms with E-state index in [1.807, 2.05) is 11.3 Å². The summed E-state index contributed by atoms with van der Waals surface area (Å²) in [6.45, 7) is 6.57. The molecule has 0 bridgehead atoms. The highest BCUT2D eigenvalue weighted by Crippen LogP contribution is 2.24. The van der Waals surface area contributed by atoms with Crippen LogP contribution in [0.5, 0.6) is 0 Å². The Labute approximate surface area is 127 Å². The fourth-order valence-corrected chi connectivity index (χ4v) is 3.46. The van der Waals surface area contributed by atoms with Crippen molar-refractivity contribution in [2.75, 3.05) is 13.1 Å². The molecule has 1 aliphatic heterocycles. The molecule has 2 aromatic heterocycles. The number of aryl methyl sites for hydroxylation is 1. The summed E-state index contributed by atoms with van der Waals surface area (Å²) in [6, 6.07) is 4.15. The fourth-order valence-electron chi connectivity index (χ4n) is 2.57. The van der Waals surface area contributed by atoms with Crippen molar-refractivity contribution in [1.29, 1.82) is 0 Å². The summed E-state index contributed by atoms with van der Waals surface area (Å²) in [7, 11) is 0. The first-order valence-electron chi connectivity index (χ1n) is 7.14.